The second kappa shape index (κ2) is 6.46. The first-order valence-corrected chi connectivity index (χ1v) is 6.21. The molecule has 9 nitrogen and oxygen atoms in total. The van der Waals surface area contributed by atoms with Crippen LogP contribution in [0.4, 0.5) is 11.4 Å². The maximum absolute atomic E-state index is 12.1. The Hall–Kier alpha value is -2.97. The molecule has 0 spiro atoms. The second-order valence-corrected chi connectivity index (χ2v) is 4.13. The number of anilines is 1. The zero-order valence-corrected chi connectivity index (χ0v) is 11.3. The fraction of sp³-hybridized carbons (Fsp3) is 0.250. The number of amides is 1. The summed E-state index contributed by atoms with van der Waals surface area (Å²) in [6.07, 6.45) is 3.19. The molecule has 2 aromatic rings. The van der Waals surface area contributed by atoms with Gasteiger partial charge in [0.25, 0.3) is 5.91 Å². The minimum Gasteiger partial charge on any atom is -0.383 e. The second-order valence-electron chi connectivity index (χ2n) is 4.13. The Bertz CT molecular complexity index is 640. The van der Waals surface area contributed by atoms with Gasteiger partial charge in [0.15, 0.2) is 0 Å². The molecule has 0 radical (unpaired) electrons. The van der Waals surface area contributed by atoms with Crippen LogP contribution in [0.1, 0.15) is 10.4 Å². The van der Waals surface area contributed by atoms with E-state index in [2.05, 4.69) is 20.9 Å². The van der Waals surface area contributed by atoms with Gasteiger partial charge in [0.2, 0.25) is 0 Å². The third kappa shape index (κ3) is 3.32. The van der Waals surface area contributed by atoms with Gasteiger partial charge in [-0.2, -0.15) is 0 Å². The third-order valence-electron chi connectivity index (χ3n) is 2.83. The number of nitrogens with one attached hydrogen (secondary N) is 2. The van der Waals surface area contributed by atoms with Crippen molar-refractivity contribution in [1.82, 2.24) is 20.3 Å². The smallest absolute Gasteiger partial charge is 0.305 e. The van der Waals surface area contributed by atoms with Gasteiger partial charge in [0.05, 0.1) is 17.7 Å². The molecule has 0 aliphatic carbocycles. The van der Waals surface area contributed by atoms with Crippen LogP contribution in [0.5, 0.6) is 0 Å². The molecule has 1 heterocycles. The van der Waals surface area contributed by atoms with E-state index < -0.39 is 10.8 Å². The van der Waals surface area contributed by atoms with E-state index in [0.717, 1.165) is 0 Å². The van der Waals surface area contributed by atoms with Crippen molar-refractivity contribution in [1.29, 1.82) is 0 Å². The SMILES string of the molecule is CNc1cccc(C(=O)NCCn2ccnn2)c1[N+](=O)[O-]. The normalized spacial score (nSPS) is 10.1. The molecule has 1 aromatic carbocycles. The Balaban J connectivity index is 2.10. The quantitative estimate of drug-likeness (QED) is 0.596. The lowest BCUT2D eigenvalue weighted by Crippen LogP contribution is -2.28. The van der Waals surface area contributed by atoms with Crippen LogP contribution in [-0.4, -0.2) is 39.4 Å². The number of hydrogen-bond acceptors (Lipinski definition) is 6. The Morgan fingerprint density at radius 1 is 1.48 bits per heavy atom. The molecule has 0 aliphatic rings. The van der Waals surface area contributed by atoms with Gasteiger partial charge in [-0.1, -0.05) is 11.3 Å². The average molecular weight is 290 g/mol. The van der Waals surface area contributed by atoms with Crippen LogP contribution in [0.25, 0.3) is 0 Å². The van der Waals surface area contributed by atoms with Crippen molar-refractivity contribution in [3.63, 3.8) is 0 Å². The minimum atomic E-state index is -0.571. The highest BCUT2D eigenvalue weighted by molar-refractivity contribution is 6.00. The van der Waals surface area contributed by atoms with Crippen LogP contribution >= 0.6 is 0 Å². The van der Waals surface area contributed by atoms with E-state index in [1.165, 1.54) is 12.3 Å². The summed E-state index contributed by atoms with van der Waals surface area (Å²) in [5.41, 5.74) is 0.0765. The number of hydrogen-bond donors (Lipinski definition) is 2. The summed E-state index contributed by atoms with van der Waals surface area (Å²) in [5.74, 6) is -0.501. The van der Waals surface area contributed by atoms with Crippen molar-refractivity contribution in [2.24, 2.45) is 0 Å². The maximum atomic E-state index is 12.1. The van der Waals surface area contributed by atoms with Gasteiger partial charge >= 0.3 is 5.69 Å². The molecule has 0 saturated heterocycles. The number of rotatable bonds is 6. The molecule has 110 valence electrons. The van der Waals surface area contributed by atoms with Crippen LogP contribution in [0.2, 0.25) is 0 Å². The summed E-state index contributed by atoms with van der Waals surface area (Å²) in [6.45, 7) is 0.731. The third-order valence-corrected chi connectivity index (χ3v) is 2.83. The average Bonchev–Trinajstić information content (AvgIpc) is 2.99. The fourth-order valence-electron chi connectivity index (χ4n) is 1.86. The molecule has 21 heavy (non-hydrogen) atoms. The van der Waals surface area contributed by atoms with Crippen molar-refractivity contribution in [2.75, 3.05) is 18.9 Å². The predicted octanol–water partition coefficient (Wildman–Crippen LogP) is 0.658. The van der Waals surface area contributed by atoms with Crippen LogP contribution in [0.15, 0.2) is 30.6 Å². The molecular formula is C12H14N6O3. The number of nitrogens with zero attached hydrogens (tertiary/aromatic N) is 4. The number of aromatic nitrogens is 3. The van der Waals surface area contributed by atoms with Crippen molar-refractivity contribution >= 4 is 17.3 Å². The maximum Gasteiger partial charge on any atom is 0.305 e. The number of carbonyl (C=O) groups excluding carboxylic acids is 1. The van der Waals surface area contributed by atoms with Crippen LogP contribution < -0.4 is 10.6 Å². The molecule has 0 unspecified atom stereocenters. The van der Waals surface area contributed by atoms with Crippen molar-refractivity contribution < 1.29 is 9.72 Å². The van der Waals surface area contributed by atoms with Gasteiger partial charge in [0.1, 0.15) is 11.3 Å². The first-order chi connectivity index (χ1) is 10.1. The van der Waals surface area contributed by atoms with Gasteiger partial charge in [-0.25, -0.2) is 0 Å². The Labute approximate surface area is 120 Å². The van der Waals surface area contributed by atoms with E-state index >= 15 is 0 Å². The minimum absolute atomic E-state index is 0.0189. The Morgan fingerprint density at radius 2 is 2.29 bits per heavy atom. The summed E-state index contributed by atoms with van der Waals surface area (Å²) in [6, 6.07) is 4.55. The zero-order chi connectivity index (χ0) is 15.2. The molecule has 0 atom stereocenters. The lowest BCUT2D eigenvalue weighted by atomic mass is 10.1. The van der Waals surface area contributed by atoms with Crippen molar-refractivity contribution in [3.05, 3.63) is 46.3 Å². The Kier molecular flexibility index (Phi) is 4.44. The molecule has 2 N–H and O–H groups in total. The van der Waals surface area contributed by atoms with E-state index in [-0.39, 0.29) is 11.3 Å². The fourth-order valence-corrected chi connectivity index (χ4v) is 1.86. The number of para-hydroxylation sites is 1. The highest BCUT2D eigenvalue weighted by atomic mass is 16.6. The zero-order valence-electron chi connectivity index (χ0n) is 11.3. The van der Waals surface area contributed by atoms with Crippen LogP contribution in [0, 0.1) is 10.1 Å². The summed E-state index contributed by atoms with van der Waals surface area (Å²) in [7, 11) is 1.56. The number of nitro benzene ring substituents is 1. The lowest BCUT2D eigenvalue weighted by molar-refractivity contribution is -0.384. The van der Waals surface area contributed by atoms with Gasteiger partial charge in [-0.05, 0) is 12.1 Å². The number of benzene rings is 1. The molecule has 1 aromatic heterocycles. The number of carbonyl (C=O) groups is 1. The topological polar surface area (TPSA) is 115 Å². The standard InChI is InChI=1S/C12H14N6O3/c1-13-10-4-2-3-9(11(10)18(20)21)12(19)14-5-7-17-8-6-15-16-17/h2-4,6,8,13H,5,7H2,1H3,(H,14,19). The van der Waals surface area contributed by atoms with E-state index in [1.54, 1.807) is 30.1 Å². The molecule has 9 heteroatoms. The molecular weight excluding hydrogens is 276 g/mol. The summed E-state index contributed by atoms with van der Waals surface area (Å²) in [5, 5.41) is 23.9. The summed E-state index contributed by atoms with van der Waals surface area (Å²) >= 11 is 0. The molecule has 1 amide bonds. The molecule has 0 bridgehead atoms. The molecule has 0 saturated carbocycles. The predicted molar refractivity (Wildman–Crippen MR) is 75.0 cm³/mol. The van der Waals surface area contributed by atoms with Crippen molar-refractivity contribution in [3.8, 4) is 0 Å². The van der Waals surface area contributed by atoms with Crippen LogP contribution in [0.3, 0.4) is 0 Å². The first kappa shape index (κ1) is 14.4. The van der Waals surface area contributed by atoms with Gasteiger partial charge in [-0.3, -0.25) is 19.6 Å². The van der Waals surface area contributed by atoms with E-state index in [4.69, 9.17) is 0 Å². The van der Waals surface area contributed by atoms with E-state index in [1.807, 2.05) is 0 Å². The van der Waals surface area contributed by atoms with Crippen LogP contribution in [-0.2, 0) is 6.54 Å². The summed E-state index contributed by atoms with van der Waals surface area (Å²) < 4.78 is 1.55. The molecule has 2 rings (SSSR count). The first-order valence-electron chi connectivity index (χ1n) is 6.21. The highest BCUT2D eigenvalue weighted by Crippen LogP contribution is 2.27. The molecule has 0 aliphatic heterocycles. The van der Waals surface area contributed by atoms with Gasteiger partial charge in [0, 0.05) is 19.8 Å². The summed E-state index contributed by atoms with van der Waals surface area (Å²) in [4.78, 5) is 22.6. The lowest BCUT2D eigenvalue weighted by Gasteiger charge is -2.08. The monoisotopic (exact) mass is 290 g/mol. The van der Waals surface area contributed by atoms with E-state index in [0.29, 0.717) is 18.8 Å². The van der Waals surface area contributed by atoms with Gasteiger partial charge < -0.3 is 10.6 Å². The Morgan fingerprint density at radius 3 is 2.90 bits per heavy atom. The highest BCUT2D eigenvalue weighted by Gasteiger charge is 2.23. The molecule has 0 fully saturated rings. The van der Waals surface area contributed by atoms with Gasteiger partial charge in [-0.15, -0.1) is 5.10 Å². The van der Waals surface area contributed by atoms with E-state index in [9.17, 15) is 14.9 Å². The largest absolute Gasteiger partial charge is 0.383 e. The van der Waals surface area contributed by atoms with Crippen molar-refractivity contribution in [2.45, 2.75) is 6.54 Å². The number of nitro groups is 1.